The Bertz CT molecular complexity index is 476. The maximum absolute atomic E-state index is 11.2. The van der Waals surface area contributed by atoms with Gasteiger partial charge in [-0.1, -0.05) is 122 Å². The minimum absolute atomic E-state index is 0.372. The summed E-state index contributed by atoms with van der Waals surface area (Å²) in [5.74, 6) is -1.08. The van der Waals surface area contributed by atoms with Gasteiger partial charge in [-0.2, -0.15) is 0 Å². The highest BCUT2D eigenvalue weighted by Gasteiger charge is 2.20. The second-order valence-electron chi connectivity index (χ2n) is 8.16. The number of hydrogen-bond acceptors (Lipinski definition) is 3. The Morgan fingerprint density at radius 2 is 1.11 bits per heavy atom. The molecule has 0 saturated heterocycles. The van der Waals surface area contributed by atoms with Crippen LogP contribution in [0.2, 0.25) is 0 Å². The zero-order valence-electron chi connectivity index (χ0n) is 18.2. The topological polar surface area (TPSA) is 43.4 Å². The number of esters is 2. The van der Waals surface area contributed by atoms with E-state index in [1.54, 1.807) is 6.08 Å². The van der Waals surface area contributed by atoms with Gasteiger partial charge in [-0.05, 0) is 12.8 Å². The van der Waals surface area contributed by atoms with Gasteiger partial charge in [0, 0.05) is 6.08 Å². The number of carbonyl (C=O) groups is 2. The molecule has 160 valence electrons. The van der Waals surface area contributed by atoms with Crippen molar-refractivity contribution in [2.75, 3.05) is 0 Å². The first-order chi connectivity index (χ1) is 13.7. The van der Waals surface area contributed by atoms with Crippen molar-refractivity contribution in [2.24, 2.45) is 0 Å². The summed E-state index contributed by atoms with van der Waals surface area (Å²) >= 11 is 0. The lowest BCUT2D eigenvalue weighted by Crippen LogP contribution is -2.00. The fourth-order valence-electron chi connectivity index (χ4n) is 3.68. The zero-order chi connectivity index (χ0) is 20.3. The van der Waals surface area contributed by atoms with Crippen LogP contribution in [0.4, 0.5) is 0 Å². The van der Waals surface area contributed by atoms with E-state index in [1.807, 2.05) is 6.08 Å². The van der Waals surface area contributed by atoms with Gasteiger partial charge >= 0.3 is 11.9 Å². The Morgan fingerprint density at radius 3 is 1.50 bits per heavy atom. The average molecular weight is 391 g/mol. The third-order valence-corrected chi connectivity index (χ3v) is 5.47. The van der Waals surface area contributed by atoms with Crippen LogP contribution in [0.15, 0.2) is 23.8 Å². The highest BCUT2D eigenvalue weighted by atomic mass is 16.6. The van der Waals surface area contributed by atoms with Crippen molar-refractivity contribution in [1.29, 1.82) is 0 Å². The van der Waals surface area contributed by atoms with Crippen molar-refractivity contribution in [3.63, 3.8) is 0 Å². The van der Waals surface area contributed by atoms with E-state index in [2.05, 4.69) is 11.7 Å². The predicted octanol–water partition coefficient (Wildman–Crippen LogP) is 7.59. The Hall–Kier alpha value is -1.38. The number of unbranched alkanes of at least 4 members (excludes halogenated alkanes) is 17. The fraction of sp³-hybridized carbons (Fsp3) is 0.760. The lowest BCUT2D eigenvalue weighted by molar-refractivity contribution is -0.150. The molecule has 0 spiro atoms. The van der Waals surface area contributed by atoms with Crippen molar-refractivity contribution < 1.29 is 14.3 Å². The Labute approximate surface area is 173 Å². The van der Waals surface area contributed by atoms with Gasteiger partial charge < -0.3 is 4.74 Å². The van der Waals surface area contributed by atoms with Gasteiger partial charge in [-0.25, -0.2) is 9.59 Å². The van der Waals surface area contributed by atoms with Gasteiger partial charge in [0.2, 0.25) is 0 Å². The molecular weight excluding hydrogens is 348 g/mol. The van der Waals surface area contributed by atoms with Crippen LogP contribution in [0.25, 0.3) is 0 Å². The highest BCUT2D eigenvalue weighted by molar-refractivity contribution is 6.10. The molecule has 1 aliphatic rings. The van der Waals surface area contributed by atoms with Crippen molar-refractivity contribution in [2.45, 2.75) is 122 Å². The number of ether oxygens (including phenoxy) is 1. The summed E-state index contributed by atoms with van der Waals surface area (Å²) in [6.07, 6.45) is 29.3. The molecule has 0 unspecified atom stereocenters. The number of allylic oxidation sites excluding steroid dienone is 1. The Balaban J connectivity index is 1.75. The molecule has 0 aromatic rings. The maximum Gasteiger partial charge on any atom is 0.346 e. The molecule has 3 nitrogen and oxygen atoms in total. The summed E-state index contributed by atoms with van der Waals surface area (Å²) in [7, 11) is 0. The molecule has 0 aromatic carbocycles. The molecule has 0 atom stereocenters. The molecule has 0 saturated carbocycles. The van der Waals surface area contributed by atoms with Gasteiger partial charge in [-0.15, -0.1) is 0 Å². The quantitative estimate of drug-likeness (QED) is 0.130. The largest absolute Gasteiger partial charge is 0.386 e. The van der Waals surface area contributed by atoms with E-state index in [0.29, 0.717) is 5.57 Å². The van der Waals surface area contributed by atoms with Crippen LogP contribution in [-0.4, -0.2) is 11.9 Å². The SMILES string of the molecule is CCCCCCCCCCCCCCCCCCC/C=C/C1=CC(=O)OC1=O. The second-order valence-corrected chi connectivity index (χ2v) is 8.16. The standard InChI is InChI=1S/C25H42O3/c1-2-3-4-5-6-7-8-9-10-11-12-13-14-15-16-17-18-19-20-21-23-22-24(26)28-25(23)27/h20-22H,2-19H2,1H3/b21-20+. The first-order valence-electron chi connectivity index (χ1n) is 11.9. The predicted molar refractivity (Wildman–Crippen MR) is 117 cm³/mol. The van der Waals surface area contributed by atoms with E-state index in [-0.39, 0.29) is 0 Å². The maximum atomic E-state index is 11.2. The van der Waals surface area contributed by atoms with Gasteiger partial charge in [0.1, 0.15) is 0 Å². The molecule has 28 heavy (non-hydrogen) atoms. The van der Waals surface area contributed by atoms with E-state index in [4.69, 9.17) is 0 Å². The van der Waals surface area contributed by atoms with E-state index in [0.717, 1.165) is 12.8 Å². The first kappa shape index (κ1) is 24.7. The average Bonchev–Trinajstić information content (AvgIpc) is 3.00. The summed E-state index contributed by atoms with van der Waals surface area (Å²) in [4.78, 5) is 22.2. The number of rotatable bonds is 19. The zero-order valence-corrected chi connectivity index (χ0v) is 18.2. The normalized spacial score (nSPS) is 14.1. The lowest BCUT2D eigenvalue weighted by atomic mass is 10.0. The van der Waals surface area contributed by atoms with E-state index in [9.17, 15) is 9.59 Å². The smallest absolute Gasteiger partial charge is 0.346 e. The summed E-state index contributed by atoms with van der Waals surface area (Å²) in [6, 6.07) is 0. The van der Waals surface area contributed by atoms with Crippen LogP contribution >= 0.6 is 0 Å². The van der Waals surface area contributed by atoms with Crippen LogP contribution in [0.1, 0.15) is 122 Å². The van der Waals surface area contributed by atoms with Crippen molar-refractivity contribution in [3.8, 4) is 0 Å². The molecule has 0 amide bonds. The molecule has 0 bridgehead atoms. The van der Waals surface area contributed by atoms with Crippen LogP contribution < -0.4 is 0 Å². The Kier molecular flexibility index (Phi) is 15.6. The highest BCUT2D eigenvalue weighted by Crippen LogP contribution is 2.15. The third-order valence-electron chi connectivity index (χ3n) is 5.47. The van der Waals surface area contributed by atoms with Gasteiger partial charge in [0.05, 0.1) is 5.57 Å². The van der Waals surface area contributed by atoms with E-state index >= 15 is 0 Å². The van der Waals surface area contributed by atoms with Crippen LogP contribution in [0.3, 0.4) is 0 Å². The van der Waals surface area contributed by atoms with Crippen LogP contribution in [-0.2, 0) is 14.3 Å². The van der Waals surface area contributed by atoms with Crippen molar-refractivity contribution >= 4 is 11.9 Å². The van der Waals surface area contributed by atoms with Gasteiger partial charge in [0.15, 0.2) is 0 Å². The number of cyclic esters (lactones) is 2. The second kappa shape index (κ2) is 17.7. The molecule has 0 radical (unpaired) electrons. The van der Waals surface area contributed by atoms with Crippen molar-refractivity contribution in [1.82, 2.24) is 0 Å². The fourth-order valence-corrected chi connectivity index (χ4v) is 3.68. The summed E-state index contributed by atoms with van der Waals surface area (Å²) in [6.45, 7) is 2.28. The number of hydrogen-bond donors (Lipinski definition) is 0. The molecule has 1 heterocycles. The Morgan fingerprint density at radius 1 is 0.679 bits per heavy atom. The minimum Gasteiger partial charge on any atom is -0.386 e. The molecule has 0 aromatic heterocycles. The summed E-state index contributed by atoms with van der Waals surface area (Å²) < 4.78 is 4.44. The lowest BCUT2D eigenvalue weighted by Gasteiger charge is -2.03. The number of carbonyl (C=O) groups excluding carboxylic acids is 2. The van der Waals surface area contributed by atoms with Crippen LogP contribution in [0.5, 0.6) is 0 Å². The monoisotopic (exact) mass is 390 g/mol. The third kappa shape index (κ3) is 13.7. The van der Waals surface area contributed by atoms with Gasteiger partial charge in [0.25, 0.3) is 0 Å². The molecule has 3 heteroatoms. The molecule has 0 N–H and O–H groups in total. The molecular formula is C25H42O3. The molecule has 0 aliphatic carbocycles. The molecule has 0 fully saturated rings. The van der Waals surface area contributed by atoms with Crippen molar-refractivity contribution in [3.05, 3.63) is 23.8 Å². The van der Waals surface area contributed by atoms with Crippen LogP contribution in [0, 0.1) is 0 Å². The summed E-state index contributed by atoms with van der Waals surface area (Å²) in [5, 5.41) is 0. The van der Waals surface area contributed by atoms with E-state index in [1.165, 1.54) is 109 Å². The summed E-state index contributed by atoms with van der Waals surface area (Å²) in [5.41, 5.74) is 0.372. The minimum atomic E-state index is -0.553. The van der Waals surface area contributed by atoms with Gasteiger partial charge in [-0.3, -0.25) is 0 Å². The van der Waals surface area contributed by atoms with E-state index < -0.39 is 11.9 Å². The first-order valence-corrected chi connectivity index (χ1v) is 11.9. The molecule has 1 rings (SSSR count). The molecule has 1 aliphatic heterocycles.